The van der Waals surface area contributed by atoms with Crippen LogP contribution in [0.3, 0.4) is 0 Å². The molecule has 0 bridgehead atoms. The van der Waals surface area contributed by atoms with E-state index in [1.54, 1.807) is 6.92 Å². The van der Waals surface area contributed by atoms with Crippen molar-refractivity contribution in [2.24, 2.45) is 0 Å². The van der Waals surface area contributed by atoms with Gasteiger partial charge in [0.25, 0.3) is 5.91 Å². The predicted octanol–water partition coefficient (Wildman–Crippen LogP) is 0.226. The molecule has 1 heterocycles. The lowest BCUT2D eigenvalue weighted by Gasteiger charge is -2.06. The van der Waals surface area contributed by atoms with Gasteiger partial charge in [-0.15, -0.1) is 0 Å². The molecule has 1 rings (SSSR count). The fraction of sp³-hybridized carbons (Fsp3) is 0.600. The van der Waals surface area contributed by atoms with Gasteiger partial charge < -0.3 is 16.2 Å². The highest BCUT2D eigenvalue weighted by molar-refractivity contribution is 5.97. The average Bonchev–Trinajstić information content (AvgIpc) is 2.56. The van der Waals surface area contributed by atoms with E-state index in [-0.39, 0.29) is 24.1 Å². The first-order valence-electron chi connectivity index (χ1n) is 5.23. The Morgan fingerprint density at radius 2 is 2.19 bits per heavy atom. The fourth-order valence-corrected chi connectivity index (χ4v) is 1.30. The second-order valence-electron chi connectivity index (χ2n) is 4.11. The van der Waals surface area contributed by atoms with Gasteiger partial charge in [-0.3, -0.25) is 9.89 Å². The second-order valence-corrected chi connectivity index (χ2v) is 4.11. The van der Waals surface area contributed by atoms with Crippen LogP contribution in [-0.2, 0) is 0 Å². The number of amides is 1. The summed E-state index contributed by atoms with van der Waals surface area (Å²) in [5, 5.41) is 18.2. The molecule has 0 fully saturated rings. The maximum absolute atomic E-state index is 11.6. The first-order valence-corrected chi connectivity index (χ1v) is 5.23. The number of hydrogen-bond acceptors (Lipinski definition) is 4. The predicted molar refractivity (Wildman–Crippen MR) is 61.1 cm³/mol. The zero-order valence-corrected chi connectivity index (χ0v) is 9.74. The van der Waals surface area contributed by atoms with E-state index in [0.29, 0.717) is 5.69 Å². The SMILES string of the molecule is CC(C)c1[nH]nc(C(=O)NC[C@@H](C)O)c1N. The number of rotatable bonds is 4. The van der Waals surface area contributed by atoms with Gasteiger partial charge in [0.2, 0.25) is 0 Å². The summed E-state index contributed by atoms with van der Waals surface area (Å²) in [5.74, 6) is -0.188. The Morgan fingerprint density at radius 1 is 1.56 bits per heavy atom. The van der Waals surface area contributed by atoms with Gasteiger partial charge in [0.15, 0.2) is 5.69 Å². The molecule has 5 N–H and O–H groups in total. The third kappa shape index (κ3) is 2.73. The molecule has 90 valence electrons. The smallest absolute Gasteiger partial charge is 0.274 e. The number of aromatic nitrogens is 2. The molecule has 0 aliphatic heterocycles. The number of anilines is 1. The van der Waals surface area contributed by atoms with Crippen LogP contribution in [0.1, 0.15) is 42.9 Å². The first-order chi connectivity index (χ1) is 7.43. The molecule has 0 radical (unpaired) electrons. The van der Waals surface area contributed by atoms with E-state index < -0.39 is 6.10 Å². The summed E-state index contributed by atoms with van der Waals surface area (Å²) in [6.45, 7) is 5.69. The number of carbonyl (C=O) groups excluding carboxylic acids is 1. The molecule has 0 aliphatic carbocycles. The van der Waals surface area contributed by atoms with Crippen molar-refractivity contribution in [1.29, 1.82) is 0 Å². The monoisotopic (exact) mass is 226 g/mol. The summed E-state index contributed by atoms with van der Waals surface area (Å²) in [6.07, 6.45) is -0.589. The van der Waals surface area contributed by atoms with E-state index in [9.17, 15) is 4.79 Å². The van der Waals surface area contributed by atoms with Crippen molar-refractivity contribution in [3.63, 3.8) is 0 Å². The summed E-state index contributed by atoms with van der Waals surface area (Å²) in [5.41, 5.74) is 7.10. The highest BCUT2D eigenvalue weighted by atomic mass is 16.3. The number of aromatic amines is 1. The van der Waals surface area contributed by atoms with Crippen LogP contribution in [0.5, 0.6) is 0 Å². The van der Waals surface area contributed by atoms with Crippen LogP contribution in [0.2, 0.25) is 0 Å². The highest BCUT2D eigenvalue weighted by Gasteiger charge is 2.18. The van der Waals surface area contributed by atoms with Crippen LogP contribution >= 0.6 is 0 Å². The van der Waals surface area contributed by atoms with Gasteiger partial charge >= 0.3 is 0 Å². The molecule has 1 aromatic heterocycles. The van der Waals surface area contributed by atoms with Crippen LogP contribution in [-0.4, -0.2) is 33.9 Å². The molecule has 0 aromatic carbocycles. The Kier molecular flexibility index (Phi) is 3.89. The molecular formula is C10H18N4O2. The third-order valence-corrected chi connectivity index (χ3v) is 2.18. The Morgan fingerprint density at radius 3 is 2.62 bits per heavy atom. The van der Waals surface area contributed by atoms with Crippen molar-refractivity contribution in [3.05, 3.63) is 11.4 Å². The van der Waals surface area contributed by atoms with Crippen LogP contribution < -0.4 is 11.1 Å². The van der Waals surface area contributed by atoms with Gasteiger partial charge in [-0.1, -0.05) is 13.8 Å². The summed E-state index contributed by atoms with van der Waals surface area (Å²) < 4.78 is 0. The van der Waals surface area contributed by atoms with Gasteiger partial charge in [-0.05, 0) is 12.8 Å². The summed E-state index contributed by atoms with van der Waals surface area (Å²) in [7, 11) is 0. The molecule has 0 saturated heterocycles. The first kappa shape index (κ1) is 12.5. The van der Waals surface area contributed by atoms with Crippen molar-refractivity contribution >= 4 is 11.6 Å². The maximum Gasteiger partial charge on any atom is 0.274 e. The lowest BCUT2D eigenvalue weighted by molar-refractivity contribution is 0.0920. The lowest BCUT2D eigenvalue weighted by Crippen LogP contribution is -2.31. The molecule has 0 unspecified atom stereocenters. The largest absolute Gasteiger partial charge is 0.395 e. The molecular weight excluding hydrogens is 208 g/mol. The van der Waals surface area contributed by atoms with Gasteiger partial charge in [0.05, 0.1) is 17.5 Å². The zero-order valence-electron chi connectivity index (χ0n) is 9.74. The van der Waals surface area contributed by atoms with E-state index in [0.717, 1.165) is 5.69 Å². The molecule has 1 aromatic rings. The minimum absolute atomic E-state index is 0.183. The summed E-state index contributed by atoms with van der Waals surface area (Å²) in [4.78, 5) is 11.6. The van der Waals surface area contributed by atoms with Gasteiger partial charge in [-0.25, -0.2) is 0 Å². The van der Waals surface area contributed by atoms with E-state index in [1.807, 2.05) is 13.8 Å². The number of nitrogens with two attached hydrogens (primary N) is 1. The quantitative estimate of drug-likeness (QED) is 0.589. The number of aliphatic hydroxyl groups excluding tert-OH is 1. The molecule has 16 heavy (non-hydrogen) atoms. The second kappa shape index (κ2) is 4.98. The molecule has 6 heteroatoms. The van der Waals surface area contributed by atoms with Crippen molar-refractivity contribution in [2.75, 3.05) is 12.3 Å². The topological polar surface area (TPSA) is 104 Å². The van der Waals surface area contributed by atoms with Crippen molar-refractivity contribution in [3.8, 4) is 0 Å². The van der Waals surface area contributed by atoms with Crippen molar-refractivity contribution in [2.45, 2.75) is 32.8 Å². The van der Waals surface area contributed by atoms with Crippen LogP contribution in [0.25, 0.3) is 0 Å². The molecule has 0 aliphatic rings. The average molecular weight is 226 g/mol. The number of nitrogens with zero attached hydrogens (tertiary/aromatic N) is 1. The standard InChI is InChI=1S/C10H18N4O2/c1-5(2)8-7(11)9(14-13-8)10(16)12-4-6(3)15/h5-6,15H,4,11H2,1-3H3,(H,12,16)(H,13,14)/t6-/m1/s1. The Balaban J connectivity index is 2.77. The normalized spacial score (nSPS) is 12.8. The van der Waals surface area contributed by atoms with Crippen molar-refractivity contribution < 1.29 is 9.90 Å². The summed E-state index contributed by atoms with van der Waals surface area (Å²) >= 11 is 0. The molecule has 1 amide bonds. The fourth-order valence-electron chi connectivity index (χ4n) is 1.30. The van der Waals surface area contributed by atoms with Crippen LogP contribution in [0.15, 0.2) is 0 Å². The zero-order chi connectivity index (χ0) is 12.3. The number of H-pyrrole nitrogens is 1. The minimum atomic E-state index is -0.589. The molecule has 1 atom stereocenters. The van der Waals surface area contributed by atoms with Gasteiger partial charge in [0.1, 0.15) is 0 Å². The van der Waals surface area contributed by atoms with Crippen LogP contribution in [0, 0.1) is 0 Å². The van der Waals surface area contributed by atoms with E-state index >= 15 is 0 Å². The third-order valence-electron chi connectivity index (χ3n) is 2.18. The number of aliphatic hydroxyl groups is 1. The molecule has 6 nitrogen and oxygen atoms in total. The Hall–Kier alpha value is -1.56. The Labute approximate surface area is 94.2 Å². The Bertz CT molecular complexity index is 371. The highest BCUT2D eigenvalue weighted by Crippen LogP contribution is 2.21. The number of nitrogens with one attached hydrogen (secondary N) is 2. The molecule has 0 spiro atoms. The number of carbonyl (C=O) groups is 1. The van der Waals surface area contributed by atoms with Gasteiger partial charge in [-0.2, -0.15) is 5.10 Å². The van der Waals surface area contributed by atoms with E-state index in [4.69, 9.17) is 10.8 Å². The minimum Gasteiger partial charge on any atom is -0.395 e. The van der Waals surface area contributed by atoms with Gasteiger partial charge in [0, 0.05) is 6.54 Å². The van der Waals surface area contributed by atoms with Crippen molar-refractivity contribution in [1.82, 2.24) is 15.5 Å². The lowest BCUT2D eigenvalue weighted by atomic mass is 10.1. The van der Waals surface area contributed by atoms with E-state index in [2.05, 4.69) is 15.5 Å². The number of nitrogen functional groups attached to an aromatic ring is 1. The van der Waals surface area contributed by atoms with E-state index in [1.165, 1.54) is 0 Å². The maximum atomic E-state index is 11.6. The molecule has 0 saturated carbocycles. The number of hydrogen-bond donors (Lipinski definition) is 4. The summed E-state index contributed by atoms with van der Waals surface area (Å²) in [6, 6.07) is 0. The van der Waals surface area contributed by atoms with Crippen LogP contribution in [0.4, 0.5) is 5.69 Å².